The lowest BCUT2D eigenvalue weighted by molar-refractivity contribution is 0.0967. The fourth-order valence-electron chi connectivity index (χ4n) is 2.29. The third kappa shape index (κ3) is 2.39. The molecule has 0 spiro atoms. The van der Waals surface area contributed by atoms with Crippen molar-refractivity contribution in [3.63, 3.8) is 0 Å². The first-order chi connectivity index (χ1) is 9.06. The highest BCUT2D eigenvalue weighted by Gasteiger charge is 2.30. The maximum absolute atomic E-state index is 12.0. The van der Waals surface area contributed by atoms with Gasteiger partial charge in [0.2, 0.25) is 0 Å². The molecular formula is C14H16BrN3O. The molecule has 1 aliphatic carbocycles. The molecule has 0 saturated heterocycles. The van der Waals surface area contributed by atoms with Gasteiger partial charge < -0.3 is 4.57 Å². The number of ketones is 1. The monoisotopic (exact) mass is 321 g/mol. The molecule has 1 fully saturated rings. The zero-order chi connectivity index (χ0) is 13.6. The Hall–Kier alpha value is -1.36. The van der Waals surface area contributed by atoms with Crippen LogP contribution in [0.1, 0.15) is 34.6 Å². The molecule has 0 unspecified atom stereocenters. The van der Waals surface area contributed by atoms with Crippen molar-refractivity contribution < 1.29 is 4.79 Å². The minimum Gasteiger partial charge on any atom is -0.348 e. The van der Waals surface area contributed by atoms with Crippen LogP contribution >= 0.6 is 15.9 Å². The molecule has 0 radical (unpaired) electrons. The Labute approximate surface area is 120 Å². The Morgan fingerprint density at radius 2 is 2.26 bits per heavy atom. The summed E-state index contributed by atoms with van der Waals surface area (Å²) in [6, 6.07) is 1.91. The van der Waals surface area contributed by atoms with Crippen LogP contribution in [-0.2, 0) is 13.6 Å². The smallest absolute Gasteiger partial charge is 0.167 e. The van der Waals surface area contributed by atoms with Gasteiger partial charge in [-0.3, -0.25) is 9.48 Å². The zero-order valence-corrected chi connectivity index (χ0v) is 12.6. The van der Waals surface area contributed by atoms with Gasteiger partial charge in [-0.1, -0.05) is 0 Å². The fraction of sp³-hybridized carbons (Fsp3) is 0.429. The summed E-state index contributed by atoms with van der Waals surface area (Å²) in [6.07, 6.45) is 6.01. The summed E-state index contributed by atoms with van der Waals surface area (Å²) in [7, 11) is 1.94. The molecule has 3 rings (SSSR count). The second-order valence-electron chi connectivity index (χ2n) is 5.18. The number of Topliss-reactive ketones (excluding diaryl/α,β-unsaturated/α-hetero) is 1. The van der Waals surface area contributed by atoms with Gasteiger partial charge in [0, 0.05) is 30.9 Å². The van der Waals surface area contributed by atoms with Crippen molar-refractivity contribution in [2.24, 2.45) is 13.0 Å². The van der Waals surface area contributed by atoms with Crippen LogP contribution in [0.5, 0.6) is 0 Å². The minimum atomic E-state index is 0.279. The van der Waals surface area contributed by atoms with E-state index in [9.17, 15) is 4.79 Å². The number of hydrogen-bond acceptors (Lipinski definition) is 2. The third-order valence-corrected chi connectivity index (χ3v) is 4.61. The molecule has 1 aliphatic rings. The van der Waals surface area contributed by atoms with E-state index in [1.807, 2.05) is 41.7 Å². The molecule has 0 N–H and O–H groups in total. The van der Waals surface area contributed by atoms with E-state index >= 15 is 0 Å². The Morgan fingerprint density at radius 3 is 2.84 bits per heavy atom. The van der Waals surface area contributed by atoms with Crippen LogP contribution < -0.4 is 0 Å². The number of nitrogens with zero attached hydrogens (tertiary/aromatic N) is 3. The van der Waals surface area contributed by atoms with E-state index in [2.05, 4.69) is 21.0 Å². The molecule has 19 heavy (non-hydrogen) atoms. The molecule has 2 aromatic heterocycles. The lowest BCUT2D eigenvalue weighted by Crippen LogP contribution is -2.05. The zero-order valence-electron chi connectivity index (χ0n) is 11.1. The standard InChI is InChI=1S/C14H16BrN3O/c1-9-13(15)12(17(2)16-9)8-18-6-5-11(7-18)14(19)10-3-4-10/h5-7,10H,3-4,8H2,1-2H3. The summed E-state index contributed by atoms with van der Waals surface area (Å²) in [5, 5.41) is 4.38. The molecular weight excluding hydrogens is 306 g/mol. The van der Waals surface area contributed by atoms with Gasteiger partial charge in [-0.05, 0) is 41.8 Å². The van der Waals surface area contributed by atoms with Crippen molar-refractivity contribution >= 4 is 21.7 Å². The number of hydrogen-bond donors (Lipinski definition) is 0. The van der Waals surface area contributed by atoms with Gasteiger partial charge >= 0.3 is 0 Å². The molecule has 4 nitrogen and oxygen atoms in total. The lowest BCUT2D eigenvalue weighted by atomic mass is 10.1. The normalized spacial score (nSPS) is 14.9. The number of aryl methyl sites for hydroxylation is 2. The van der Waals surface area contributed by atoms with E-state index in [0.29, 0.717) is 5.78 Å². The van der Waals surface area contributed by atoms with Gasteiger partial charge in [0.25, 0.3) is 0 Å². The number of carbonyl (C=O) groups is 1. The summed E-state index contributed by atoms with van der Waals surface area (Å²) in [5.74, 6) is 0.570. The van der Waals surface area contributed by atoms with Crippen LogP contribution in [-0.4, -0.2) is 20.1 Å². The van der Waals surface area contributed by atoms with Crippen LogP contribution in [0.15, 0.2) is 22.9 Å². The lowest BCUT2D eigenvalue weighted by Gasteiger charge is -2.04. The number of carbonyl (C=O) groups excluding carboxylic acids is 1. The van der Waals surface area contributed by atoms with E-state index < -0.39 is 0 Å². The molecule has 0 bridgehead atoms. The highest BCUT2D eigenvalue weighted by molar-refractivity contribution is 9.10. The number of aromatic nitrogens is 3. The molecule has 2 aromatic rings. The quantitative estimate of drug-likeness (QED) is 0.812. The molecule has 5 heteroatoms. The van der Waals surface area contributed by atoms with Crippen molar-refractivity contribution in [1.29, 1.82) is 0 Å². The minimum absolute atomic E-state index is 0.279. The van der Waals surface area contributed by atoms with Crippen molar-refractivity contribution in [1.82, 2.24) is 14.3 Å². The SMILES string of the molecule is Cc1nn(C)c(Cn2ccc(C(=O)C3CC3)c2)c1Br. The van der Waals surface area contributed by atoms with Crippen molar-refractivity contribution in [2.45, 2.75) is 26.3 Å². The highest BCUT2D eigenvalue weighted by Crippen LogP contribution is 2.32. The van der Waals surface area contributed by atoms with E-state index in [-0.39, 0.29) is 5.92 Å². The van der Waals surface area contributed by atoms with Crippen LogP contribution in [0.3, 0.4) is 0 Å². The summed E-state index contributed by atoms with van der Waals surface area (Å²) >= 11 is 3.56. The first-order valence-corrected chi connectivity index (χ1v) is 7.23. The van der Waals surface area contributed by atoms with Gasteiger partial charge in [0.1, 0.15) is 0 Å². The third-order valence-electron chi connectivity index (χ3n) is 3.58. The first kappa shape index (κ1) is 12.7. The molecule has 100 valence electrons. The van der Waals surface area contributed by atoms with Crippen molar-refractivity contribution in [3.05, 3.63) is 39.9 Å². The fourth-order valence-corrected chi connectivity index (χ4v) is 2.75. The van der Waals surface area contributed by atoms with Crippen LogP contribution in [0.2, 0.25) is 0 Å². The van der Waals surface area contributed by atoms with Gasteiger partial charge in [-0.15, -0.1) is 0 Å². The number of halogens is 1. The van der Waals surface area contributed by atoms with Crippen LogP contribution in [0, 0.1) is 12.8 Å². The molecule has 2 heterocycles. The maximum Gasteiger partial charge on any atom is 0.167 e. The largest absolute Gasteiger partial charge is 0.348 e. The second-order valence-corrected chi connectivity index (χ2v) is 5.97. The Bertz CT molecular complexity index is 637. The van der Waals surface area contributed by atoms with E-state index in [1.54, 1.807) is 0 Å². The first-order valence-electron chi connectivity index (χ1n) is 6.44. The predicted octanol–water partition coefficient (Wildman–Crippen LogP) is 2.93. The molecule has 0 amide bonds. The summed E-state index contributed by atoms with van der Waals surface area (Å²) in [4.78, 5) is 12.0. The van der Waals surface area contributed by atoms with Gasteiger partial charge in [-0.2, -0.15) is 5.10 Å². The molecule has 0 aromatic carbocycles. The maximum atomic E-state index is 12.0. The average Bonchev–Trinajstić information content (AvgIpc) is 3.08. The van der Waals surface area contributed by atoms with Gasteiger partial charge in [0.05, 0.1) is 22.4 Å². The van der Waals surface area contributed by atoms with Gasteiger partial charge in [0.15, 0.2) is 5.78 Å². The Kier molecular flexibility index (Phi) is 3.09. The van der Waals surface area contributed by atoms with Crippen molar-refractivity contribution in [2.75, 3.05) is 0 Å². The highest BCUT2D eigenvalue weighted by atomic mass is 79.9. The van der Waals surface area contributed by atoms with E-state index in [1.165, 1.54) is 0 Å². The Morgan fingerprint density at radius 1 is 1.53 bits per heavy atom. The summed E-state index contributed by atoms with van der Waals surface area (Å²) in [5.41, 5.74) is 2.93. The topological polar surface area (TPSA) is 39.8 Å². The second kappa shape index (κ2) is 4.63. The Balaban J connectivity index is 1.81. The summed E-state index contributed by atoms with van der Waals surface area (Å²) in [6.45, 7) is 2.70. The van der Waals surface area contributed by atoms with E-state index in [4.69, 9.17) is 0 Å². The molecule has 0 aliphatic heterocycles. The van der Waals surface area contributed by atoms with Crippen LogP contribution in [0.25, 0.3) is 0 Å². The van der Waals surface area contributed by atoms with Crippen LogP contribution in [0.4, 0.5) is 0 Å². The average molecular weight is 322 g/mol. The number of rotatable bonds is 4. The molecule has 0 atom stereocenters. The van der Waals surface area contributed by atoms with E-state index in [0.717, 1.165) is 40.8 Å². The molecule has 1 saturated carbocycles. The summed E-state index contributed by atoms with van der Waals surface area (Å²) < 4.78 is 4.96. The predicted molar refractivity (Wildman–Crippen MR) is 76.2 cm³/mol. The van der Waals surface area contributed by atoms with Crippen molar-refractivity contribution in [3.8, 4) is 0 Å². The van der Waals surface area contributed by atoms with Gasteiger partial charge in [-0.25, -0.2) is 0 Å².